The van der Waals surface area contributed by atoms with Crippen molar-refractivity contribution < 1.29 is 13.2 Å². The molecule has 0 atom stereocenters. The second kappa shape index (κ2) is 7.23. The van der Waals surface area contributed by atoms with Crippen LogP contribution < -0.4 is 9.62 Å². The van der Waals surface area contributed by atoms with Crippen molar-refractivity contribution in [3.05, 3.63) is 58.1 Å². The van der Waals surface area contributed by atoms with Crippen molar-refractivity contribution >= 4 is 50.5 Å². The van der Waals surface area contributed by atoms with E-state index < -0.39 is 10.0 Å². The van der Waals surface area contributed by atoms with Crippen molar-refractivity contribution in [3.63, 3.8) is 0 Å². The second-order valence-corrected chi connectivity index (χ2v) is 8.61. The van der Waals surface area contributed by atoms with Crippen LogP contribution in [0.1, 0.15) is 12.0 Å². The number of hydrogen-bond donors (Lipinski definition) is 1. The maximum Gasteiger partial charge on any atom is 0.235 e. The normalized spacial score (nSPS) is 16.0. The van der Waals surface area contributed by atoms with Gasteiger partial charge in [0.25, 0.3) is 0 Å². The summed E-state index contributed by atoms with van der Waals surface area (Å²) in [6.07, 6.45) is 0.751. The van der Waals surface area contributed by atoms with Gasteiger partial charge in [-0.15, -0.1) is 0 Å². The third-order valence-corrected chi connectivity index (χ3v) is 6.36. The molecule has 1 aliphatic rings. The molecule has 0 spiro atoms. The summed E-state index contributed by atoms with van der Waals surface area (Å²) in [4.78, 5) is 12.2. The molecule has 1 N–H and O–H groups in total. The number of amides is 1. The Morgan fingerprint density at radius 2 is 1.84 bits per heavy atom. The fourth-order valence-electron chi connectivity index (χ4n) is 2.68. The van der Waals surface area contributed by atoms with Gasteiger partial charge in [0.1, 0.15) is 0 Å². The van der Waals surface area contributed by atoms with Crippen molar-refractivity contribution in [1.29, 1.82) is 0 Å². The van der Waals surface area contributed by atoms with Gasteiger partial charge in [-0.25, -0.2) is 8.42 Å². The monoisotopic (exact) mass is 398 g/mol. The topological polar surface area (TPSA) is 66.5 Å². The summed E-state index contributed by atoms with van der Waals surface area (Å²) < 4.78 is 25.2. The molecule has 1 heterocycles. The minimum Gasteiger partial charge on any atom is -0.326 e. The summed E-state index contributed by atoms with van der Waals surface area (Å²) in [5, 5.41) is 3.73. The predicted molar refractivity (Wildman–Crippen MR) is 101 cm³/mol. The lowest BCUT2D eigenvalue weighted by Gasteiger charge is -2.17. The molecule has 132 valence electrons. The molecule has 0 bridgehead atoms. The molecule has 25 heavy (non-hydrogen) atoms. The van der Waals surface area contributed by atoms with E-state index >= 15 is 0 Å². The molecule has 2 aromatic carbocycles. The molecular weight excluding hydrogens is 383 g/mol. The highest BCUT2D eigenvalue weighted by atomic mass is 35.5. The summed E-state index contributed by atoms with van der Waals surface area (Å²) in [6.45, 7) is 0.489. The standard InChI is InChI=1S/C17H16Cl2N2O3S/c18-13-3-2-12(16(19)11-13)10-17(22)20-14-4-6-15(7-5-14)21-8-1-9-25(21,23)24/h2-7,11H,1,8-10H2,(H,20,22). The van der Waals surface area contributed by atoms with Crippen molar-refractivity contribution in [3.8, 4) is 0 Å². The first-order chi connectivity index (χ1) is 11.8. The van der Waals surface area contributed by atoms with Crippen LogP contribution in [0.2, 0.25) is 10.0 Å². The van der Waals surface area contributed by atoms with E-state index in [9.17, 15) is 13.2 Å². The lowest BCUT2D eigenvalue weighted by atomic mass is 10.1. The molecule has 0 unspecified atom stereocenters. The zero-order chi connectivity index (χ0) is 18.0. The average Bonchev–Trinajstić information content (AvgIpc) is 2.90. The molecule has 1 saturated heterocycles. The van der Waals surface area contributed by atoms with Gasteiger partial charge in [0.2, 0.25) is 15.9 Å². The summed E-state index contributed by atoms with van der Waals surface area (Å²) in [7, 11) is -3.20. The van der Waals surface area contributed by atoms with Gasteiger partial charge in [-0.05, 0) is 48.4 Å². The van der Waals surface area contributed by atoms with Crippen LogP contribution in [0.5, 0.6) is 0 Å². The van der Waals surface area contributed by atoms with Crippen molar-refractivity contribution in [1.82, 2.24) is 0 Å². The zero-order valence-corrected chi connectivity index (χ0v) is 15.5. The molecule has 1 amide bonds. The van der Waals surface area contributed by atoms with Gasteiger partial charge in [0, 0.05) is 22.3 Å². The van der Waals surface area contributed by atoms with Crippen molar-refractivity contribution in [2.24, 2.45) is 0 Å². The van der Waals surface area contributed by atoms with Gasteiger partial charge in [-0.3, -0.25) is 9.10 Å². The van der Waals surface area contributed by atoms with Crippen LogP contribution in [0.15, 0.2) is 42.5 Å². The number of halogens is 2. The molecule has 5 nitrogen and oxygen atoms in total. The number of nitrogens with one attached hydrogen (secondary N) is 1. The number of anilines is 2. The van der Waals surface area contributed by atoms with Gasteiger partial charge < -0.3 is 5.32 Å². The number of hydrogen-bond acceptors (Lipinski definition) is 3. The first-order valence-corrected chi connectivity index (χ1v) is 10.1. The highest BCUT2D eigenvalue weighted by molar-refractivity contribution is 7.93. The Balaban J connectivity index is 1.66. The molecule has 0 aliphatic carbocycles. The predicted octanol–water partition coefficient (Wildman–Crippen LogP) is 3.71. The highest BCUT2D eigenvalue weighted by Crippen LogP contribution is 2.26. The van der Waals surface area contributed by atoms with Crippen LogP contribution in [-0.2, 0) is 21.2 Å². The smallest absolute Gasteiger partial charge is 0.235 e. The number of benzene rings is 2. The summed E-state index contributed by atoms with van der Waals surface area (Å²) in [5.41, 5.74) is 1.88. The molecular formula is C17H16Cl2N2O3S. The minimum absolute atomic E-state index is 0.123. The maximum absolute atomic E-state index is 12.2. The quantitative estimate of drug-likeness (QED) is 0.853. The van der Waals surface area contributed by atoms with E-state index in [1.807, 2.05) is 0 Å². The maximum atomic E-state index is 12.2. The lowest BCUT2D eigenvalue weighted by Crippen LogP contribution is -2.25. The Morgan fingerprint density at radius 1 is 1.12 bits per heavy atom. The fourth-order valence-corrected chi connectivity index (χ4v) is 4.72. The Bertz CT molecular complexity index is 899. The summed E-state index contributed by atoms with van der Waals surface area (Å²) >= 11 is 11.9. The Hall–Kier alpha value is -1.76. The van der Waals surface area contributed by atoms with Crippen LogP contribution in [0, 0.1) is 0 Å². The lowest BCUT2D eigenvalue weighted by molar-refractivity contribution is -0.115. The van der Waals surface area contributed by atoms with E-state index in [1.165, 1.54) is 4.31 Å². The molecule has 0 radical (unpaired) electrons. The van der Waals surface area contributed by atoms with E-state index in [0.29, 0.717) is 39.9 Å². The van der Waals surface area contributed by atoms with Gasteiger partial charge >= 0.3 is 0 Å². The molecule has 1 aliphatic heterocycles. The van der Waals surface area contributed by atoms with Crippen LogP contribution >= 0.6 is 23.2 Å². The number of sulfonamides is 1. The van der Waals surface area contributed by atoms with Crippen molar-refractivity contribution in [2.75, 3.05) is 21.9 Å². The van der Waals surface area contributed by atoms with Gasteiger partial charge in [0.15, 0.2) is 0 Å². The van der Waals surface area contributed by atoms with E-state index in [-0.39, 0.29) is 18.1 Å². The highest BCUT2D eigenvalue weighted by Gasteiger charge is 2.28. The van der Waals surface area contributed by atoms with E-state index in [2.05, 4.69) is 5.32 Å². The first kappa shape index (κ1) is 18.0. The number of carbonyl (C=O) groups excluding carboxylic acids is 1. The Kier molecular flexibility index (Phi) is 5.22. The fraction of sp³-hybridized carbons (Fsp3) is 0.235. The molecule has 8 heteroatoms. The van der Waals surface area contributed by atoms with E-state index in [0.717, 1.165) is 0 Å². The van der Waals surface area contributed by atoms with Gasteiger partial charge in [0.05, 0.1) is 17.9 Å². The van der Waals surface area contributed by atoms with Gasteiger partial charge in [-0.1, -0.05) is 29.3 Å². The number of carbonyl (C=O) groups is 1. The molecule has 0 saturated carbocycles. The first-order valence-electron chi connectivity index (χ1n) is 7.69. The van der Waals surface area contributed by atoms with Crippen LogP contribution in [0.3, 0.4) is 0 Å². The largest absolute Gasteiger partial charge is 0.326 e. The van der Waals surface area contributed by atoms with Crippen LogP contribution in [0.25, 0.3) is 0 Å². The third kappa shape index (κ3) is 4.26. The van der Waals surface area contributed by atoms with Crippen molar-refractivity contribution in [2.45, 2.75) is 12.8 Å². The average molecular weight is 399 g/mol. The third-order valence-electron chi connectivity index (χ3n) is 3.90. The Labute approximate surface area is 156 Å². The SMILES string of the molecule is O=C(Cc1ccc(Cl)cc1Cl)Nc1ccc(N2CCCS2(=O)=O)cc1. The number of nitrogens with zero attached hydrogens (tertiary/aromatic N) is 1. The molecule has 2 aromatic rings. The second-order valence-electron chi connectivity index (χ2n) is 5.75. The van der Waals surface area contributed by atoms with E-state index in [4.69, 9.17) is 23.2 Å². The number of rotatable bonds is 4. The van der Waals surface area contributed by atoms with Crippen LogP contribution in [-0.4, -0.2) is 26.6 Å². The zero-order valence-electron chi connectivity index (χ0n) is 13.2. The summed E-state index contributed by atoms with van der Waals surface area (Å²) in [5.74, 6) is -0.0429. The molecule has 1 fully saturated rings. The van der Waals surface area contributed by atoms with E-state index in [1.54, 1.807) is 42.5 Å². The minimum atomic E-state index is -3.20. The van der Waals surface area contributed by atoms with Crippen LogP contribution in [0.4, 0.5) is 11.4 Å². The molecule has 0 aromatic heterocycles. The molecule has 3 rings (SSSR count). The summed E-state index contributed by atoms with van der Waals surface area (Å²) in [6, 6.07) is 11.7. The Morgan fingerprint density at radius 3 is 2.44 bits per heavy atom. The van der Waals surface area contributed by atoms with Gasteiger partial charge in [-0.2, -0.15) is 0 Å².